The van der Waals surface area contributed by atoms with Gasteiger partial charge in [-0.05, 0) is 68.7 Å². The molecule has 208 valence electrons. The highest BCUT2D eigenvalue weighted by Crippen LogP contribution is 2.23. The number of aliphatic hydroxyl groups is 2. The molecule has 3 N–H and O–H groups in total. The number of rotatable bonds is 15. The first kappa shape index (κ1) is 29.6. The summed E-state index contributed by atoms with van der Waals surface area (Å²) in [4.78, 5) is 27.4. The first-order valence-corrected chi connectivity index (χ1v) is 13.1. The molecule has 1 saturated heterocycles. The first-order valence-electron chi connectivity index (χ1n) is 13.1. The molecule has 0 aromatic heterocycles. The third-order valence-electron chi connectivity index (χ3n) is 6.35. The van der Waals surface area contributed by atoms with Crippen molar-refractivity contribution in [2.45, 2.75) is 63.9 Å². The number of β-amino-alcohol motifs (C(OH)–C–C–N with tert-alkyl or cyclic N) is 1. The lowest BCUT2D eigenvalue weighted by Crippen LogP contribution is -2.47. The summed E-state index contributed by atoms with van der Waals surface area (Å²) >= 11 is 0. The number of aliphatic hydroxyl groups excluding tert-OH is 2. The van der Waals surface area contributed by atoms with Gasteiger partial charge in [-0.15, -0.1) is 0 Å². The van der Waals surface area contributed by atoms with E-state index in [1.807, 2.05) is 18.7 Å². The third-order valence-corrected chi connectivity index (χ3v) is 6.35. The number of carbonyl (C=O) groups is 2. The van der Waals surface area contributed by atoms with Crippen LogP contribution in [0.5, 0.6) is 11.5 Å². The highest BCUT2D eigenvalue weighted by molar-refractivity contribution is 5.96. The highest BCUT2D eigenvalue weighted by atomic mass is 16.7. The average molecular weight is 529 g/mol. The van der Waals surface area contributed by atoms with Gasteiger partial charge < -0.3 is 29.7 Å². The van der Waals surface area contributed by atoms with Crippen molar-refractivity contribution in [2.75, 3.05) is 33.5 Å². The van der Waals surface area contributed by atoms with Gasteiger partial charge in [0, 0.05) is 45.1 Å². The predicted molar refractivity (Wildman–Crippen MR) is 143 cm³/mol. The van der Waals surface area contributed by atoms with Crippen molar-refractivity contribution in [1.29, 1.82) is 0 Å². The van der Waals surface area contributed by atoms with Crippen LogP contribution >= 0.6 is 0 Å². The average Bonchev–Trinajstić information content (AvgIpc) is 3.31. The molecule has 0 unspecified atom stereocenters. The second kappa shape index (κ2) is 14.8. The molecule has 9 heteroatoms. The number of amides is 1. The lowest BCUT2D eigenvalue weighted by atomic mass is 10.0. The van der Waals surface area contributed by atoms with E-state index in [2.05, 4.69) is 5.32 Å². The van der Waals surface area contributed by atoms with Gasteiger partial charge in [0.15, 0.2) is 12.6 Å². The lowest BCUT2D eigenvalue weighted by molar-refractivity contribution is -0.123. The molecule has 3 rings (SSSR count). The Morgan fingerprint density at radius 1 is 1.05 bits per heavy atom. The molecule has 0 aliphatic carbocycles. The number of benzene rings is 2. The van der Waals surface area contributed by atoms with Crippen molar-refractivity contribution in [3.63, 3.8) is 0 Å². The van der Waals surface area contributed by atoms with E-state index in [1.165, 1.54) is 7.11 Å². The van der Waals surface area contributed by atoms with Crippen LogP contribution in [0.1, 0.15) is 61.6 Å². The van der Waals surface area contributed by atoms with Crippen molar-refractivity contribution in [2.24, 2.45) is 0 Å². The highest BCUT2D eigenvalue weighted by Gasteiger charge is 2.29. The van der Waals surface area contributed by atoms with Crippen molar-refractivity contribution < 1.29 is 34.0 Å². The molecule has 1 heterocycles. The number of ketones is 1. The van der Waals surface area contributed by atoms with Gasteiger partial charge in [0.1, 0.15) is 17.6 Å². The summed E-state index contributed by atoms with van der Waals surface area (Å²) < 4.78 is 15.9. The zero-order valence-corrected chi connectivity index (χ0v) is 22.5. The number of Topliss-reactive ketones (excluding diaryl/α,β-unsaturated/α-hetero) is 1. The standard InChI is InChI=1S/C29H40N2O7/c1-20(2)38-25-13-9-22(10-14-25)29(35)26(18-31-16-15-23(32)17-31)30-28(34)6-4-5-27(33)21-7-11-24(12-8-21)37-19-36-3/h7-14,20,23,26,29,32,35H,4-6,15-19H2,1-3H3,(H,30,34)/t23-,26+,29+/m0/s1. The Morgan fingerprint density at radius 3 is 2.34 bits per heavy atom. The van der Waals surface area contributed by atoms with E-state index in [1.54, 1.807) is 48.5 Å². The molecule has 1 amide bonds. The number of methoxy groups -OCH3 is 1. The summed E-state index contributed by atoms with van der Waals surface area (Å²) in [6.07, 6.45) is 0.148. The van der Waals surface area contributed by atoms with Crippen LogP contribution in [0, 0.1) is 0 Å². The molecule has 38 heavy (non-hydrogen) atoms. The Kier molecular flexibility index (Phi) is 11.5. The van der Waals surface area contributed by atoms with Gasteiger partial charge in [0.25, 0.3) is 0 Å². The Bertz CT molecular complexity index is 1010. The SMILES string of the molecule is COCOc1ccc(C(=O)CCCC(=O)N[C@H](CN2CC[C@H](O)C2)[C@H](O)c2ccc(OC(C)C)cc2)cc1. The van der Waals surface area contributed by atoms with E-state index in [-0.39, 0.29) is 37.4 Å². The van der Waals surface area contributed by atoms with Crippen LogP contribution in [0.25, 0.3) is 0 Å². The zero-order chi connectivity index (χ0) is 27.5. The molecule has 0 bridgehead atoms. The van der Waals surface area contributed by atoms with Gasteiger partial charge >= 0.3 is 0 Å². The van der Waals surface area contributed by atoms with Crippen LogP contribution < -0.4 is 14.8 Å². The smallest absolute Gasteiger partial charge is 0.220 e. The monoisotopic (exact) mass is 528 g/mol. The number of hydrogen-bond acceptors (Lipinski definition) is 8. The molecule has 1 aliphatic rings. The van der Waals surface area contributed by atoms with Crippen molar-refractivity contribution >= 4 is 11.7 Å². The minimum atomic E-state index is -0.940. The predicted octanol–water partition coefficient (Wildman–Crippen LogP) is 3.09. The van der Waals surface area contributed by atoms with E-state index in [0.717, 1.165) is 0 Å². The Hall–Kier alpha value is -2.98. The van der Waals surface area contributed by atoms with Crippen LogP contribution in [0.15, 0.2) is 48.5 Å². The molecule has 0 spiro atoms. The Morgan fingerprint density at radius 2 is 1.74 bits per heavy atom. The summed E-state index contributed by atoms with van der Waals surface area (Å²) in [5.74, 6) is 1.04. The van der Waals surface area contributed by atoms with Gasteiger partial charge in [-0.1, -0.05) is 12.1 Å². The van der Waals surface area contributed by atoms with Crippen molar-refractivity contribution in [3.05, 3.63) is 59.7 Å². The van der Waals surface area contributed by atoms with Gasteiger partial charge in [-0.25, -0.2) is 0 Å². The number of nitrogens with one attached hydrogen (secondary N) is 1. The maximum absolute atomic E-state index is 12.8. The van der Waals surface area contributed by atoms with E-state index >= 15 is 0 Å². The third kappa shape index (κ3) is 9.40. The maximum atomic E-state index is 12.8. The summed E-state index contributed by atoms with van der Waals surface area (Å²) in [5, 5.41) is 24.0. The lowest BCUT2D eigenvalue weighted by Gasteiger charge is -2.29. The van der Waals surface area contributed by atoms with E-state index in [4.69, 9.17) is 14.2 Å². The maximum Gasteiger partial charge on any atom is 0.220 e. The van der Waals surface area contributed by atoms with Crippen LogP contribution in [0.4, 0.5) is 0 Å². The normalized spacial score (nSPS) is 17.3. The van der Waals surface area contributed by atoms with E-state index in [9.17, 15) is 19.8 Å². The fraction of sp³-hybridized carbons (Fsp3) is 0.517. The summed E-state index contributed by atoms with van der Waals surface area (Å²) in [5.41, 5.74) is 1.22. The second-order valence-electron chi connectivity index (χ2n) is 9.91. The Balaban J connectivity index is 1.55. The first-order chi connectivity index (χ1) is 18.2. The molecule has 3 atom stereocenters. The van der Waals surface area contributed by atoms with Gasteiger partial charge in [0.2, 0.25) is 5.91 Å². The zero-order valence-electron chi connectivity index (χ0n) is 22.5. The number of carbonyl (C=O) groups excluding carboxylic acids is 2. The van der Waals surface area contributed by atoms with Crippen LogP contribution in [-0.4, -0.2) is 78.6 Å². The van der Waals surface area contributed by atoms with Crippen molar-refractivity contribution in [1.82, 2.24) is 10.2 Å². The van der Waals surface area contributed by atoms with Crippen molar-refractivity contribution in [3.8, 4) is 11.5 Å². The number of hydrogen-bond donors (Lipinski definition) is 3. The molecule has 0 saturated carbocycles. The molecular formula is C29H40N2O7. The van der Waals surface area contributed by atoms with E-state index < -0.39 is 18.2 Å². The number of likely N-dealkylation sites (tertiary alicyclic amines) is 1. The summed E-state index contributed by atoms with van der Waals surface area (Å²) in [6.45, 7) is 5.64. The molecular weight excluding hydrogens is 488 g/mol. The topological polar surface area (TPSA) is 118 Å². The largest absolute Gasteiger partial charge is 0.491 e. The van der Waals surface area contributed by atoms with Crippen LogP contribution in [0.3, 0.4) is 0 Å². The summed E-state index contributed by atoms with van der Waals surface area (Å²) in [7, 11) is 1.54. The van der Waals surface area contributed by atoms with Crippen LogP contribution in [0.2, 0.25) is 0 Å². The number of nitrogens with zero attached hydrogens (tertiary/aromatic N) is 1. The molecule has 9 nitrogen and oxygen atoms in total. The molecule has 2 aromatic rings. The Labute approximate surface area is 224 Å². The fourth-order valence-electron chi connectivity index (χ4n) is 4.43. The number of ether oxygens (including phenoxy) is 3. The minimum Gasteiger partial charge on any atom is -0.491 e. The van der Waals surface area contributed by atoms with E-state index in [0.29, 0.717) is 55.1 Å². The fourth-order valence-corrected chi connectivity index (χ4v) is 4.43. The second-order valence-corrected chi connectivity index (χ2v) is 9.91. The quantitative estimate of drug-likeness (QED) is 0.239. The summed E-state index contributed by atoms with van der Waals surface area (Å²) in [6, 6.07) is 13.4. The van der Waals surface area contributed by atoms with Gasteiger partial charge in [-0.3, -0.25) is 14.5 Å². The minimum absolute atomic E-state index is 0.0422. The van der Waals surface area contributed by atoms with Crippen LogP contribution in [-0.2, 0) is 9.53 Å². The van der Waals surface area contributed by atoms with Gasteiger partial charge in [0.05, 0.1) is 18.2 Å². The van der Waals surface area contributed by atoms with Gasteiger partial charge in [-0.2, -0.15) is 0 Å². The molecule has 1 fully saturated rings. The molecule has 1 aliphatic heterocycles. The molecule has 2 aromatic carbocycles. The molecule has 0 radical (unpaired) electrons.